The molecule has 2 saturated heterocycles. The van der Waals surface area contributed by atoms with Crippen LogP contribution in [0.3, 0.4) is 0 Å². The van der Waals surface area contributed by atoms with Crippen molar-refractivity contribution in [3.05, 3.63) is 24.2 Å². The van der Waals surface area contributed by atoms with Crippen LogP contribution < -0.4 is 0 Å². The number of methoxy groups -OCH3 is 1. The van der Waals surface area contributed by atoms with E-state index >= 15 is 0 Å². The van der Waals surface area contributed by atoms with Crippen molar-refractivity contribution in [1.29, 1.82) is 0 Å². The molecular formula is C32H42O9. The Labute approximate surface area is 241 Å². The van der Waals surface area contributed by atoms with E-state index in [-0.39, 0.29) is 48.3 Å². The Morgan fingerprint density at radius 2 is 1.88 bits per heavy atom. The Bertz CT molecular complexity index is 1270. The van der Waals surface area contributed by atoms with Crippen molar-refractivity contribution >= 4 is 23.7 Å². The number of carbonyl (C=O) groups is 4. The second kappa shape index (κ2) is 9.16. The highest BCUT2D eigenvalue weighted by Gasteiger charge is 2.86. The van der Waals surface area contributed by atoms with E-state index in [2.05, 4.69) is 6.92 Å². The fraction of sp³-hybridized carbons (Fsp3) is 0.750. The first-order valence-electron chi connectivity index (χ1n) is 15.0. The van der Waals surface area contributed by atoms with Gasteiger partial charge in [0, 0.05) is 40.1 Å². The normalized spacial score (nSPS) is 44.4. The van der Waals surface area contributed by atoms with E-state index in [1.807, 2.05) is 40.7 Å². The van der Waals surface area contributed by atoms with Gasteiger partial charge in [-0.25, -0.2) is 0 Å². The molecule has 3 aliphatic carbocycles. The van der Waals surface area contributed by atoms with Crippen LogP contribution in [-0.4, -0.2) is 48.6 Å². The molecule has 11 atom stereocenters. The molecule has 2 unspecified atom stereocenters. The molecule has 3 heterocycles. The Hall–Kier alpha value is -2.68. The molecule has 224 valence electrons. The predicted molar refractivity (Wildman–Crippen MR) is 144 cm³/mol. The highest BCUT2D eigenvalue weighted by molar-refractivity contribution is 5.93. The summed E-state index contributed by atoms with van der Waals surface area (Å²) in [6, 6.07) is 1.83. The van der Waals surface area contributed by atoms with Gasteiger partial charge in [-0.05, 0) is 31.2 Å². The fourth-order valence-corrected chi connectivity index (χ4v) is 9.71. The lowest BCUT2D eigenvalue weighted by Gasteiger charge is -2.65. The largest absolute Gasteiger partial charge is 0.472 e. The zero-order valence-corrected chi connectivity index (χ0v) is 25.1. The SMILES string of the molecule is CCC(C)C(=O)O[C@@H]1[C@@H]2C(=O)[C@](C)([C@H]3CC[C@]4(C)C(CC(=O)O[C@H]4c4ccoc4)[C@]34O[C@H]24)[C@@H](CC(=O)OC)C1(C)C. The van der Waals surface area contributed by atoms with Crippen LogP contribution >= 0.6 is 0 Å². The molecule has 5 aliphatic rings. The Morgan fingerprint density at radius 1 is 1.15 bits per heavy atom. The lowest BCUT2D eigenvalue weighted by atomic mass is 9.37. The molecule has 1 aromatic heterocycles. The summed E-state index contributed by atoms with van der Waals surface area (Å²) in [4.78, 5) is 53.9. The number of Topliss-reactive ketones (excluding diaryl/α,β-unsaturated/α-hetero) is 1. The second-order valence-electron chi connectivity index (χ2n) is 14.2. The maximum atomic E-state index is 14.6. The Kier molecular flexibility index (Phi) is 6.35. The molecule has 1 spiro atoms. The van der Waals surface area contributed by atoms with Gasteiger partial charge < -0.3 is 23.4 Å². The molecular weight excluding hydrogens is 528 g/mol. The highest BCUT2D eigenvalue weighted by atomic mass is 16.6. The average Bonchev–Trinajstić information content (AvgIpc) is 3.39. The van der Waals surface area contributed by atoms with Crippen molar-refractivity contribution in [3.63, 3.8) is 0 Å². The first-order chi connectivity index (χ1) is 19.3. The lowest BCUT2D eigenvalue weighted by molar-refractivity contribution is -0.222. The van der Waals surface area contributed by atoms with Crippen LogP contribution in [-0.2, 0) is 38.1 Å². The maximum Gasteiger partial charge on any atom is 0.308 e. The van der Waals surface area contributed by atoms with Gasteiger partial charge in [-0.3, -0.25) is 19.2 Å². The second-order valence-corrected chi connectivity index (χ2v) is 14.2. The van der Waals surface area contributed by atoms with Crippen molar-refractivity contribution in [2.75, 3.05) is 7.11 Å². The third kappa shape index (κ3) is 3.63. The van der Waals surface area contributed by atoms with E-state index in [0.29, 0.717) is 19.3 Å². The highest BCUT2D eigenvalue weighted by Crippen LogP contribution is 2.77. The van der Waals surface area contributed by atoms with Crippen molar-refractivity contribution in [3.8, 4) is 0 Å². The third-order valence-electron chi connectivity index (χ3n) is 12.1. The zero-order chi connectivity index (χ0) is 29.7. The van der Waals surface area contributed by atoms with Crippen LogP contribution in [0.5, 0.6) is 0 Å². The molecule has 1 aromatic rings. The average molecular weight is 571 g/mol. The molecule has 0 amide bonds. The van der Waals surface area contributed by atoms with Gasteiger partial charge in [0.25, 0.3) is 0 Å². The van der Waals surface area contributed by atoms with Crippen molar-refractivity contribution in [1.82, 2.24) is 0 Å². The fourth-order valence-electron chi connectivity index (χ4n) is 9.71. The number of ketones is 1. The van der Waals surface area contributed by atoms with Gasteiger partial charge in [-0.15, -0.1) is 0 Å². The number of fused-ring (bicyclic) bond motifs is 5. The van der Waals surface area contributed by atoms with Crippen LogP contribution in [0.15, 0.2) is 23.0 Å². The van der Waals surface area contributed by atoms with Crippen LogP contribution in [0.1, 0.15) is 85.3 Å². The van der Waals surface area contributed by atoms with E-state index < -0.39 is 58.0 Å². The molecule has 3 saturated carbocycles. The van der Waals surface area contributed by atoms with Gasteiger partial charge in [-0.2, -0.15) is 0 Å². The first-order valence-corrected chi connectivity index (χ1v) is 15.0. The topological polar surface area (TPSA) is 122 Å². The molecule has 9 heteroatoms. The van der Waals surface area contributed by atoms with E-state index in [4.69, 9.17) is 23.4 Å². The summed E-state index contributed by atoms with van der Waals surface area (Å²) in [6.07, 6.45) is 3.64. The number of hydrogen-bond donors (Lipinski definition) is 0. The number of esters is 3. The first kappa shape index (κ1) is 28.4. The molecule has 2 bridgehead atoms. The van der Waals surface area contributed by atoms with Crippen molar-refractivity contribution in [2.45, 2.75) is 97.6 Å². The molecule has 6 rings (SSSR count). The van der Waals surface area contributed by atoms with Gasteiger partial charge in [0.1, 0.15) is 29.7 Å². The quantitative estimate of drug-likeness (QED) is 0.269. The number of cyclic esters (lactones) is 1. The minimum Gasteiger partial charge on any atom is -0.472 e. The molecule has 41 heavy (non-hydrogen) atoms. The summed E-state index contributed by atoms with van der Waals surface area (Å²) in [5.74, 6) is -2.99. The number of carbonyl (C=O) groups excluding carboxylic acids is 4. The van der Waals surface area contributed by atoms with E-state index in [1.54, 1.807) is 12.5 Å². The Balaban J connectivity index is 1.48. The number of epoxide rings is 1. The van der Waals surface area contributed by atoms with Gasteiger partial charge in [-0.1, -0.05) is 41.5 Å². The standard InChI is InChI=1S/C32H42O9/c1-8-16(2)28(36)40-26-23-24(35)31(6,19(29(26,3)4)13-21(33)37-7)18-9-11-30(5)20(32(18)27(23)41-32)14-22(34)39-25(30)17-10-12-38-15-17/h10,12,15-16,18-20,23,25-27H,8-9,11,13-14H2,1-7H3/t16?,18-,19+,20?,23+,25+,26-,27-,30-,31-,32-/m1/s1. The summed E-state index contributed by atoms with van der Waals surface area (Å²) >= 11 is 0. The lowest BCUT2D eigenvalue weighted by Crippen LogP contribution is -2.72. The molecule has 2 aliphatic heterocycles. The van der Waals surface area contributed by atoms with Gasteiger partial charge >= 0.3 is 17.9 Å². The van der Waals surface area contributed by atoms with Gasteiger partial charge in [0.05, 0.1) is 37.9 Å². The smallest absolute Gasteiger partial charge is 0.308 e. The van der Waals surface area contributed by atoms with Crippen molar-refractivity contribution in [2.24, 2.45) is 45.8 Å². The molecule has 9 nitrogen and oxygen atoms in total. The van der Waals surface area contributed by atoms with Crippen molar-refractivity contribution < 1.29 is 42.5 Å². The number of ether oxygens (including phenoxy) is 4. The monoisotopic (exact) mass is 570 g/mol. The van der Waals surface area contributed by atoms with E-state index in [9.17, 15) is 19.2 Å². The molecule has 5 fully saturated rings. The summed E-state index contributed by atoms with van der Waals surface area (Å²) in [7, 11) is 1.35. The predicted octanol–water partition coefficient (Wildman–Crippen LogP) is 4.82. The summed E-state index contributed by atoms with van der Waals surface area (Å²) in [5.41, 5.74) is -2.07. The van der Waals surface area contributed by atoms with Crippen LogP contribution in [0.2, 0.25) is 0 Å². The molecule has 0 N–H and O–H groups in total. The molecule has 0 radical (unpaired) electrons. The van der Waals surface area contributed by atoms with E-state index in [0.717, 1.165) is 5.56 Å². The number of furan rings is 1. The summed E-state index contributed by atoms with van der Waals surface area (Å²) in [6.45, 7) is 11.9. The zero-order valence-electron chi connectivity index (χ0n) is 25.1. The van der Waals surface area contributed by atoms with Crippen LogP contribution in [0.25, 0.3) is 0 Å². The van der Waals surface area contributed by atoms with E-state index in [1.165, 1.54) is 7.11 Å². The number of hydrogen-bond acceptors (Lipinski definition) is 9. The van der Waals surface area contributed by atoms with Crippen LogP contribution in [0, 0.1) is 45.8 Å². The number of rotatable bonds is 6. The molecule has 0 aromatic carbocycles. The summed E-state index contributed by atoms with van der Waals surface area (Å²) < 4.78 is 29.5. The van der Waals surface area contributed by atoms with Gasteiger partial charge in [0.2, 0.25) is 0 Å². The minimum atomic E-state index is -0.942. The Morgan fingerprint density at radius 3 is 2.51 bits per heavy atom. The van der Waals surface area contributed by atoms with Gasteiger partial charge in [0.15, 0.2) is 0 Å². The minimum absolute atomic E-state index is 0.0100. The summed E-state index contributed by atoms with van der Waals surface area (Å²) in [5, 5.41) is 0. The van der Waals surface area contributed by atoms with Crippen LogP contribution in [0.4, 0.5) is 0 Å². The third-order valence-corrected chi connectivity index (χ3v) is 12.1. The maximum absolute atomic E-state index is 14.6.